The molecule has 0 aliphatic rings. The number of halogens is 2. The van der Waals surface area contributed by atoms with E-state index in [1.807, 2.05) is 6.92 Å². The van der Waals surface area contributed by atoms with Crippen molar-refractivity contribution in [2.75, 3.05) is 5.32 Å². The molecule has 2 N–H and O–H groups in total. The molecule has 0 radical (unpaired) electrons. The Bertz CT molecular complexity index is 1100. The Hall–Kier alpha value is -2.96. The van der Waals surface area contributed by atoms with E-state index in [0.29, 0.717) is 22.0 Å². The first-order valence-corrected chi connectivity index (χ1v) is 8.96. The summed E-state index contributed by atoms with van der Waals surface area (Å²) in [5, 5.41) is 12.8. The number of carboxylic acid groups (broad SMARTS) is 1. The van der Waals surface area contributed by atoms with Crippen LogP contribution in [0, 0.1) is 13.8 Å². The minimum atomic E-state index is -1.18. The van der Waals surface area contributed by atoms with E-state index in [4.69, 9.17) is 23.2 Å². The van der Waals surface area contributed by atoms with Gasteiger partial charge in [-0.2, -0.15) is 0 Å². The average molecular weight is 416 g/mol. The molecule has 8 heteroatoms. The Balaban J connectivity index is 1.97. The van der Waals surface area contributed by atoms with Gasteiger partial charge in [-0.1, -0.05) is 29.3 Å². The topological polar surface area (TPSA) is 92.2 Å². The number of aromatic carboxylic acids is 1. The molecule has 142 valence electrons. The molecule has 1 aromatic heterocycles. The fourth-order valence-corrected chi connectivity index (χ4v) is 3.22. The fraction of sp³-hybridized carbons (Fsp3) is 0.100. The number of carboxylic acids is 1. The highest BCUT2D eigenvalue weighted by molar-refractivity contribution is 6.37. The third kappa shape index (κ3) is 4.13. The molecule has 0 saturated heterocycles. The van der Waals surface area contributed by atoms with Crippen molar-refractivity contribution in [1.29, 1.82) is 0 Å². The van der Waals surface area contributed by atoms with Crippen molar-refractivity contribution in [3.8, 4) is 11.1 Å². The Kier molecular flexibility index (Phi) is 5.63. The van der Waals surface area contributed by atoms with Crippen molar-refractivity contribution in [3.05, 3.63) is 75.3 Å². The largest absolute Gasteiger partial charge is 0.478 e. The summed E-state index contributed by atoms with van der Waals surface area (Å²) in [5.41, 5.74) is 2.36. The maximum absolute atomic E-state index is 12.5. The zero-order valence-electron chi connectivity index (χ0n) is 15.0. The van der Waals surface area contributed by atoms with Crippen molar-refractivity contribution in [1.82, 2.24) is 9.97 Å². The van der Waals surface area contributed by atoms with Gasteiger partial charge >= 0.3 is 5.97 Å². The van der Waals surface area contributed by atoms with Gasteiger partial charge in [0.1, 0.15) is 5.82 Å². The molecule has 0 fully saturated rings. The van der Waals surface area contributed by atoms with Crippen molar-refractivity contribution < 1.29 is 14.7 Å². The summed E-state index contributed by atoms with van der Waals surface area (Å²) < 4.78 is 0. The summed E-state index contributed by atoms with van der Waals surface area (Å²) in [6.45, 7) is 3.60. The summed E-state index contributed by atoms with van der Waals surface area (Å²) in [4.78, 5) is 32.7. The van der Waals surface area contributed by atoms with Crippen LogP contribution in [0.4, 0.5) is 5.69 Å². The molecule has 0 aliphatic carbocycles. The zero-order valence-corrected chi connectivity index (χ0v) is 16.5. The SMILES string of the molecule is Cc1ncc(-c2ccc(NC(=O)c3ccc(Cl)cc3Cl)c(C(=O)O)c2)c(C)n1. The number of nitrogens with one attached hydrogen (secondary N) is 1. The molecule has 2 aromatic carbocycles. The van der Waals surface area contributed by atoms with Gasteiger partial charge in [0.2, 0.25) is 0 Å². The highest BCUT2D eigenvalue weighted by Gasteiger charge is 2.17. The molecule has 0 spiro atoms. The molecular formula is C20H15Cl2N3O3. The second kappa shape index (κ2) is 7.96. The minimum Gasteiger partial charge on any atom is -0.478 e. The van der Waals surface area contributed by atoms with E-state index in [1.165, 1.54) is 30.3 Å². The number of carbonyl (C=O) groups is 2. The van der Waals surface area contributed by atoms with Crippen molar-refractivity contribution >= 4 is 40.8 Å². The Morgan fingerprint density at radius 2 is 1.79 bits per heavy atom. The number of amides is 1. The van der Waals surface area contributed by atoms with Crippen LogP contribution in [-0.4, -0.2) is 27.0 Å². The zero-order chi connectivity index (χ0) is 20.4. The molecule has 0 saturated carbocycles. The molecule has 6 nitrogen and oxygen atoms in total. The van der Waals surface area contributed by atoms with Gasteiger partial charge in [0.05, 0.1) is 21.8 Å². The minimum absolute atomic E-state index is 0.0593. The lowest BCUT2D eigenvalue weighted by Gasteiger charge is -2.12. The molecule has 3 aromatic rings. The Morgan fingerprint density at radius 1 is 1.04 bits per heavy atom. The fourth-order valence-electron chi connectivity index (χ4n) is 2.73. The third-order valence-electron chi connectivity index (χ3n) is 4.08. The van der Waals surface area contributed by atoms with Crippen LogP contribution in [0.2, 0.25) is 10.0 Å². The van der Waals surface area contributed by atoms with Crippen LogP contribution in [-0.2, 0) is 0 Å². The van der Waals surface area contributed by atoms with E-state index in [1.54, 1.807) is 19.2 Å². The van der Waals surface area contributed by atoms with E-state index >= 15 is 0 Å². The van der Waals surface area contributed by atoms with Gasteiger partial charge < -0.3 is 10.4 Å². The highest BCUT2D eigenvalue weighted by Crippen LogP contribution is 2.28. The smallest absolute Gasteiger partial charge is 0.337 e. The van der Waals surface area contributed by atoms with Gasteiger partial charge in [0.25, 0.3) is 5.91 Å². The van der Waals surface area contributed by atoms with Crippen LogP contribution in [0.5, 0.6) is 0 Å². The predicted molar refractivity (Wildman–Crippen MR) is 108 cm³/mol. The van der Waals surface area contributed by atoms with Crippen LogP contribution >= 0.6 is 23.2 Å². The number of benzene rings is 2. The van der Waals surface area contributed by atoms with Crippen LogP contribution < -0.4 is 5.32 Å². The van der Waals surface area contributed by atoms with E-state index in [0.717, 1.165) is 5.69 Å². The molecule has 0 bridgehead atoms. The monoisotopic (exact) mass is 415 g/mol. The second-order valence-corrected chi connectivity index (χ2v) is 6.90. The van der Waals surface area contributed by atoms with Crippen LogP contribution in [0.25, 0.3) is 11.1 Å². The van der Waals surface area contributed by atoms with Gasteiger partial charge in [0.15, 0.2) is 0 Å². The van der Waals surface area contributed by atoms with E-state index in [9.17, 15) is 14.7 Å². The van der Waals surface area contributed by atoms with E-state index in [2.05, 4.69) is 15.3 Å². The molecular weight excluding hydrogens is 401 g/mol. The predicted octanol–water partition coefficient (Wildman–Crippen LogP) is 5.02. The average Bonchev–Trinajstić information content (AvgIpc) is 2.62. The summed E-state index contributed by atoms with van der Waals surface area (Å²) in [7, 11) is 0. The van der Waals surface area contributed by atoms with Crippen LogP contribution in [0.1, 0.15) is 32.2 Å². The van der Waals surface area contributed by atoms with Crippen LogP contribution in [0.15, 0.2) is 42.6 Å². The molecule has 0 atom stereocenters. The van der Waals surface area contributed by atoms with Gasteiger partial charge in [0, 0.05) is 22.5 Å². The Labute approximate surface area is 171 Å². The number of aromatic nitrogens is 2. The van der Waals surface area contributed by atoms with Gasteiger partial charge in [-0.15, -0.1) is 0 Å². The number of rotatable bonds is 4. The summed E-state index contributed by atoms with van der Waals surface area (Å²) in [6, 6.07) is 9.15. The quantitative estimate of drug-likeness (QED) is 0.623. The highest BCUT2D eigenvalue weighted by atomic mass is 35.5. The number of hydrogen-bond donors (Lipinski definition) is 2. The lowest BCUT2D eigenvalue weighted by molar-refractivity contribution is 0.0698. The summed E-state index contributed by atoms with van der Waals surface area (Å²) >= 11 is 11.9. The molecule has 1 heterocycles. The standard InChI is InChI=1S/C20H15Cl2N3O3/c1-10-16(9-23-11(2)24-10)12-3-6-18(15(7-12)20(27)28)25-19(26)14-5-4-13(21)8-17(14)22/h3-9H,1-2H3,(H,25,26)(H,27,28). The lowest BCUT2D eigenvalue weighted by atomic mass is 10.0. The van der Waals surface area contributed by atoms with Gasteiger partial charge in [-0.05, 0) is 49.7 Å². The maximum Gasteiger partial charge on any atom is 0.337 e. The van der Waals surface area contributed by atoms with Crippen molar-refractivity contribution in [3.63, 3.8) is 0 Å². The number of hydrogen-bond acceptors (Lipinski definition) is 4. The van der Waals surface area contributed by atoms with E-state index in [-0.39, 0.29) is 21.8 Å². The molecule has 28 heavy (non-hydrogen) atoms. The summed E-state index contributed by atoms with van der Waals surface area (Å²) in [6.07, 6.45) is 1.64. The number of aryl methyl sites for hydroxylation is 2. The number of carbonyl (C=O) groups excluding carboxylic acids is 1. The third-order valence-corrected chi connectivity index (χ3v) is 4.63. The maximum atomic E-state index is 12.5. The first-order valence-electron chi connectivity index (χ1n) is 8.20. The summed E-state index contributed by atoms with van der Waals surface area (Å²) in [5.74, 6) is -1.08. The molecule has 3 rings (SSSR count). The van der Waals surface area contributed by atoms with Gasteiger partial charge in [-0.25, -0.2) is 14.8 Å². The second-order valence-electron chi connectivity index (χ2n) is 6.06. The molecule has 0 aliphatic heterocycles. The molecule has 1 amide bonds. The van der Waals surface area contributed by atoms with E-state index < -0.39 is 11.9 Å². The lowest BCUT2D eigenvalue weighted by Crippen LogP contribution is -2.15. The van der Waals surface area contributed by atoms with Crippen LogP contribution in [0.3, 0.4) is 0 Å². The number of nitrogens with zero attached hydrogens (tertiary/aromatic N) is 2. The number of anilines is 1. The first-order chi connectivity index (χ1) is 13.3. The first kappa shape index (κ1) is 19.8. The Morgan fingerprint density at radius 3 is 2.43 bits per heavy atom. The van der Waals surface area contributed by atoms with Crippen molar-refractivity contribution in [2.45, 2.75) is 13.8 Å². The van der Waals surface area contributed by atoms with Crippen molar-refractivity contribution in [2.24, 2.45) is 0 Å². The molecule has 0 unspecified atom stereocenters. The normalized spacial score (nSPS) is 10.6. The van der Waals surface area contributed by atoms with Gasteiger partial charge in [-0.3, -0.25) is 4.79 Å².